The van der Waals surface area contributed by atoms with E-state index in [1.165, 1.54) is 38.1 Å². The van der Waals surface area contributed by atoms with Crippen molar-refractivity contribution in [2.75, 3.05) is 26.1 Å². The number of benzene rings is 2. The molecule has 0 saturated carbocycles. The lowest BCUT2D eigenvalue weighted by atomic mass is 10.1. The van der Waals surface area contributed by atoms with E-state index in [9.17, 15) is 9.59 Å². The van der Waals surface area contributed by atoms with Gasteiger partial charge in [0.15, 0.2) is 23.3 Å². The standard InChI is InChI=1S/C21H22N4O5S/c1-25-9-8-23-21(25)31-15-6-4-14(5-7-15)24-20(27)13-10-16(28-2)19(17(11-13)29-3)30-12-18(22)26/h4-11H,12H2,1-3H3,(H2,22,26)(H,24,27). The number of nitrogens with two attached hydrogens (primary N) is 1. The van der Waals surface area contributed by atoms with E-state index in [0.717, 1.165) is 10.1 Å². The summed E-state index contributed by atoms with van der Waals surface area (Å²) in [7, 11) is 4.77. The maximum atomic E-state index is 12.8. The molecule has 2 aromatic carbocycles. The number of aromatic nitrogens is 2. The maximum Gasteiger partial charge on any atom is 0.255 e. The Morgan fingerprint density at radius 2 is 1.77 bits per heavy atom. The van der Waals surface area contributed by atoms with E-state index in [0.29, 0.717) is 11.3 Å². The van der Waals surface area contributed by atoms with Crippen LogP contribution in [0.15, 0.2) is 58.8 Å². The van der Waals surface area contributed by atoms with Crippen molar-refractivity contribution in [2.45, 2.75) is 10.1 Å². The molecule has 3 aromatic rings. The summed E-state index contributed by atoms with van der Waals surface area (Å²) < 4.78 is 17.9. The number of hydrogen-bond acceptors (Lipinski definition) is 7. The molecule has 162 valence electrons. The van der Waals surface area contributed by atoms with Crippen molar-refractivity contribution in [1.29, 1.82) is 0 Å². The van der Waals surface area contributed by atoms with Gasteiger partial charge in [-0.15, -0.1) is 0 Å². The number of aryl methyl sites for hydroxylation is 1. The predicted molar refractivity (Wildman–Crippen MR) is 116 cm³/mol. The molecule has 0 aliphatic carbocycles. The van der Waals surface area contributed by atoms with Gasteiger partial charge in [0.05, 0.1) is 14.2 Å². The van der Waals surface area contributed by atoms with Gasteiger partial charge < -0.3 is 29.8 Å². The molecular formula is C21H22N4O5S. The van der Waals surface area contributed by atoms with Crippen LogP contribution in [0.5, 0.6) is 17.2 Å². The third kappa shape index (κ3) is 5.48. The summed E-state index contributed by atoms with van der Waals surface area (Å²) in [5.74, 6) is -0.325. The molecule has 0 bridgehead atoms. The number of anilines is 1. The third-order valence-electron chi connectivity index (χ3n) is 4.18. The first-order chi connectivity index (χ1) is 14.9. The first-order valence-corrected chi connectivity index (χ1v) is 9.96. The van der Waals surface area contributed by atoms with Gasteiger partial charge >= 0.3 is 0 Å². The van der Waals surface area contributed by atoms with Crippen LogP contribution in [-0.4, -0.2) is 42.2 Å². The molecule has 0 aliphatic rings. The third-order valence-corrected chi connectivity index (χ3v) is 5.26. The largest absolute Gasteiger partial charge is 0.493 e. The lowest BCUT2D eigenvalue weighted by Gasteiger charge is -2.15. The minimum absolute atomic E-state index is 0.191. The number of rotatable bonds is 9. The molecule has 0 unspecified atom stereocenters. The molecule has 1 heterocycles. The van der Waals surface area contributed by atoms with E-state index in [1.54, 1.807) is 6.20 Å². The summed E-state index contributed by atoms with van der Waals surface area (Å²) in [5, 5.41) is 3.70. The lowest BCUT2D eigenvalue weighted by molar-refractivity contribution is -0.120. The molecule has 3 N–H and O–H groups in total. The van der Waals surface area contributed by atoms with E-state index < -0.39 is 5.91 Å². The summed E-state index contributed by atoms with van der Waals surface area (Å²) in [6.07, 6.45) is 3.62. The van der Waals surface area contributed by atoms with Crippen molar-refractivity contribution in [3.8, 4) is 17.2 Å². The molecule has 0 aliphatic heterocycles. The van der Waals surface area contributed by atoms with Gasteiger partial charge in [-0.3, -0.25) is 9.59 Å². The van der Waals surface area contributed by atoms with Gasteiger partial charge in [0.1, 0.15) is 0 Å². The van der Waals surface area contributed by atoms with Crippen molar-refractivity contribution in [3.63, 3.8) is 0 Å². The number of nitrogens with zero attached hydrogens (tertiary/aromatic N) is 2. The fourth-order valence-electron chi connectivity index (χ4n) is 2.66. The second-order valence-corrected chi connectivity index (χ2v) is 7.41. The van der Waals surface area contributed by atoms with Crippen LogP contribution < -0.4 is 25.3 Å². The Morgan fingerprint density at radius 1 is 1.13 bits per heavy atom. The fourth-order valence-corrected chi connectivity index (χ4v) is 3.46. The molecule has 0 fully saturated rings. The molecule has 10 heteroatoms. The molecule has 31 heavy (non-hydrogen) atoms. The minimum atomic E-state index is -0.643. The van der Waals surface area contributed by atoms with E-state index in [1.807, 2.05) is 42.1 Å². The normalized spacial score (nSPS) is 10.4. The lowest BCUT2D eigenvalue weighted by Crippen LogP contribution is -2.20. The number of primary amides is 1. The Kier molecular flexibility index (Phi) is 7.03. The monoisotopic (exact) mass is 442 g/mol. The number of nitrogens with one attached hydrogen (secondary N) is 1. The first kappa shape index (κ1) is 22.0. The second-order valence-electron chi connectivity index (χ2n) is 6.37. The number of imidazole rings is 1. The second kappa shape index (κ2) is 9.90. The molecule has 2 amide bonds. The van der Waals surface area contributed by atoms with Crippen molar-refractivity contribution < 1.29 is 23.8 Å². The quantitative estimate of drug-likeness (QED) is 0.523. The SMILES string of the molecule is COc1cc(C(=O)Nc2ccc(Sc3nccn3C)cc2)cc(OC)c1OCC(N)=O. The minimum Gasteiger partial charge on any atom is -0.493 e. The van der Waals surface area contributed by atoms with Gasteiger partial charge in [-0.05, 0) is 36.4 Å². The van der Waals surface area contributed by atoms with E-state index >= 15 is 0 Å². The van der Waals surface area contributed by atoms with Crippen LogP contribution in [-0.2, 0) is 11.8 Å². The number of carbonyl (C=O) groups excluding carboxylic acids is 2. The van der Waals surface area contributed by atoms with E-state index in [2.05, 4.69) is 10.3 Å². The Morgan fingerprint density at radius 3 is 2.29 bits per heavy atom. The van der Waals surface area contributed by atoms with Gasteiger partial charge in [0.2, 0.25) is 5.75 Å². The Bertz CT molecular complexity index is 1060. The zero-order chi connectivity index (χ0) is 22.4. The number of methoxy groups -OCH3 is 2. The molecule has 0 spiro atoms. The number of carbonyl (C=O) groups is 2. The maximum absolute atomic E-state index is 12.8. The summed E-state index contributed by atoms with van der Waals surface area (Å²) in [5.41, 5.74) is 6.05. The number of amides is 2. The van der Waals surface area contributed by atoms with E-state index in [4.69, 9.17) is 19.9 Å². The molecule has 1 aromatic heterocycles. The summed E-state index contributed by atoms with van der Waals surface area (Å²) in [4.78, 5) is 29.1. The van der Waals surface area contributed by atoms with E-state index in [-0.39, 0.29) is 29.8 Å². The highest BCUT2D eigenvalue weighted by atomic mass is 32.2. The van der Waals surface area contributed by atoms with Gasteiger partial charge in [0.25, 0.3) is 11.8 Å². The van der Waals surface area contributed by atoms with Crippen LogP contribution in [0.25, 0.3) is 0 Å². The summed E-state index contributed by atoms with van der Waals surface area (Å²) in [6.45, 7) is -0.346. The number of hydrogen-bond donors (Lipinski definition) is 2. The van der Waals surface area contributed by atoms with Crippen LogP contribution in [0, 0.1) is 0 Å². The highest BCUT2D eigenvalue weighted by Gasteiger charge is 2.18. The molecular weight excluding hydrogens is 420 g/mol. The highest BCUT2D eigenvalue weighted by Crippen LogP contribution is 2.38. The van der Waals surface area contributed by atoms with Crippen molar-refractivity contribution >= 4 is 29.3 Å². The highest BCUT2D eigenvalue weighted by molar-refractivity contribution is 7.99. The fraction of sp³-hybridized carbons (Fsp3) is 0.190. The summed E-state index contributed by atoms with van der Waals surface area (Å²) in [6, 6.07) is 10.4. The Hall–Kier alpha value is -3.66. The van der Waals surface area contributed by atoms with Crippen molar-refractivity contribution in [2.24, 2.45) is 12.8 Å². The smallest absolute Gasteiger partial charge is 0.255 e. The van der Waals surface area contributed by atoms with Crippen LogP contribution in [0.3, 0.4) is 0 Å². The molecule has 9 nitrogen and oxygen atoms in total. The zero-order valence-electron chi connectivity index (χ0n) is 17.2. The van der Waals surface area contributed by atoms with Gasteiger partial charge in [-0.1, -0.05) is 11.8 Å². The predicted octanol–water partition coefficient (Wildman–Crippen LogP) is 2.70. The van der Waals surface area contributed by atoms with Crippen molar-refractivity contribution in [3.05, 3.63) is 54.4 Å². The Labute approximate surface area is 183 Å². The average molecular weight is 442 g/mol. The summed E-state index contributed by atoms with van der Waals surface area (Å²) >= 11 is 1.52. The van der Waals surface area contributed by atoms with Crippen LogP contribution in [0.1, 0.15) is 10.4 Å². The zero-order valence-corrected chi connectivity index (χ0v) is 18.1. The topological polar surface area (TPSA) is 118 Å². The van der Waals surface area contributed by atoms with Crippen molar-refractivity contribution in [1.82, 2.24) is 9.55 Å². The van der Waals surface area contributed by atoms with Gasteiger partial charge in [0, 0.05) is 35.6 Å². The van der Waals surface area contributed by atoms with Gasteiger partial charge in [-0.2, -0.15) is 0 Å². The van der Waals surface area contributed by atoms with Crippen LogP contribution >= 0.6 is 11.8 Å². The van der Waals surface area contributed by atoms with Crippen LogP contribution in [0.2, 0.25) is 0 Å². The molecule has 0 atom stereocenters. The average Bonchev–Trinajstić information content (AvgIpc) is 3.17. The first-order valence-electron chi connectivity index (χ1n) is 9.15. The number of ether oxygens (including phenoxy) is 3. The molecule has 0 radical (unpaired) electrons. The molecule has 0 saturated heterocycles. The van der Waals surface area contributed by atoms with Crippen LogP contribution in [0.4, 0.5) is 5.69 Å². The Balaban J connectivity index is 1.75. The van der Waals surface area contributed by atoms with Gasteiger partial charge in [-0.25, -0.2) is 4.98 Å². The molecule has 3 rings (SSSR count).